The highest BCUT2D eigenvalue weighted by atomic mass is 32.2. The summed E-state index contributed by atoms with van der Waals surface area (Å²) >= 11 is 0. The zero-order chi connectivity index (χ0) is 16.0. The standard InChI is InChI=1S/C17H22O3S/c1-11(2)17(4,5)14-6-7-16-12(3)8-15(21(18,19)20)10-13(16)9-14/h6-11H,1-5H3,(H,18,19,20). The summed E-state index contributed by atoms with van der Waals surface area (Å²) in [7, 11) is -4.18. The molecule has 0 unspecified atom stereocenters. The quantitative estimate of drug-likeness (QED) is 0.859. The maximum absolute atomic E-state index is 11.4. The fraction of sp³-hybridized carbons (Fsp3) is 0.412. The molecule has 21 heavy (non-hydrogen) atoms. The highest BCUT2D eigenvalue weighted by Crippen LogP contribution is 2.34. The van der Waals surface area contributed by atoms with Crippen LogP contribution in [-0.4, -0.2) is 13.0 Å². The van der Waals surface area contributed by atoms with Crippen molar-refractivity contribution in [1.29, 1.82) is 0 Å². The Hall–Kier alpha value is -1.39. The first-order chi connectivity index (χ1) is 9.53. The van der Waals surface area contributed by atoms with Crippen LogP contribution in [0.15, 0.2) is 35.2 Å². The average molecular weight is 306 g/mol. The lowest BCUT2D eigenvalue weighted by Crippen LogP contribution is -2.24. The zero-order valence-electron chi connectivity index (χ0n) is 13.1. The van der Waals surface area contributed by atoms with Crippen LogP contribution in [-0.2, 0) is 15.5 Å². The molecule has 114 valence electrons. The van der Waals surface area contributed by atoms with Gasteiger partial charge in [0.05, 0.1) is 4.90 Å². The Bertz CT molecular complexity index is 787. The molecule has 0 saturated carbocycles. The van der Waals surface area contributed by atoms with Crippen molar-refractivity contribution >= 4 is 20.9 Å². The number of aryl methyl sites for hydroxylation is 1. The van der Waals surface area contributed by atoms with E-state index < -0.39 is 10.1 Å². The van der Waals surface area contributed by atoms with E-state index in [1.807, 2.05) is 19.1 Å². The van der Waals surface area contributed by atoms with Crippen molar-refractivity contribution in [3.8, 4) is 0 Å². The van der Waals surface area contributed by atoms with Gasteiger partial charge in [-0.1, -0.05) is 45.9 Å². The van der Waals surface area contributed by atoms with Crippen LogP contribution in [0.3, 0.4) is 0 Å². The minimum Gasteiger partial charge on any atom is -0.282 e. The molecule has 0 aromatic heterocycles. The molecule has 0 bridgehead atoms. The van der Waals surface area contributed by atoms with Gasteiger partial charge in [-0.2, -0.15) is 8.42 Å². The molecule has 0 aliphatic rings. The largest absolute Gasteiger partial charge is 0.294 e. The van der Waals surface area contributed by atoms with Crippen molar-refractivity contribution in [3.63, 3.8) is 0 Å². The van der Waals surface area contributed by atoms with Crippen LogP contribution < -0.4 is 0 Å². The molecule has 2 aromatic rings. The average Bonchev–Trinajstić information content (AvgIpc) is 2.36. The third-order valence-electron chi connectivity index (χ3n) is 4.62. The van der Waals surface area contributed by atoms with Gasteiger partial charge >= 0.3 is 0 Å². The van der Waals surface area contributed by atoms with Gasteiger partial charge < -0.3 is 0 Å². The summed E-state index contributed by atoms with van der Waals surface area (Å²) in [5.74, 6) is 0.459. The van der Waals surface area contributed by atoms with E-state index in [2.05, 4.69) is 33.8 Å². The lowest BCUT2D eigenvalue weighted by Gasteiger charge is -2.30. The van der Waals surface area contributed by atoms with E-state index in [9.17, 15) is 13.0 Å². The second-order valence-electron chi connectivity index (χ2n) is 6.53. The number of rotatable bonds is 3. The van der Waals surface area contributed by atoms with E-state index in [1.54, 1.807) is 0 Å². The monoisotopic (exact) mass is 306 g/mol. The molecular formula is C17H22O3S. The second-order valence-corrected chi connectivity index (χ2v) is 7.95. The van der Waals surface area contributed by atoms with Crippen molar-refractivity contribution < 1.29 is 13.0 Å². The van der Waals surface area contributed by atoms with E-state index in [0.29, 0.717) is 5.92 Å². The fourth-order valence-electron chi connectivity index (χ4n) is 2.41. The lowest BCUT2D eigenvalue weighted by atomic mass is 9.75. The topological polar surface area (TPSA) is 54.4 Å². The van der Waals surface area contributed by atoms with Crippen LogP contribution in [0.2, 0.25) is 0 Å². The molecule has 0 aliphatic heterocycles. The van der Waals surface area contributed by atoms with Crippen molar-refractivity contribution in [2.24, 2.45) is 5.92 Å². The minimum atomic E-state index is -4.18. The van der Waals surface area contributed by atoms with Gasteiger partial charge in [0.25, 0.3) is 10.1 Å². The molecule has 0 saturated heterocycles. The summed E-state index contributed by atoms with van der Waals surface area (Å²) in [5.41, 5.74) is 2.00. The first-order valence-electron chi connectivity index (χ1n) is 7.06. The molecular weight excluding hydrogens is 284 g/mol. The maximum Gasteiger partial charge on any atom is 0.294 e. The molecule has 0 spiro atoms. The predicted octanol–water partition coefficient (Wildman–Crippen LogP) is 4.33. The predicted molar refractivity (Wildman–Crippen MR) is 86.4 cm³/mol. The van der Waals surface area contributed by atoms with Crippen molar-refractivity contribution in [1.82, 2.24) is 0 Å². The first-order valence-corrected chi connectivity index (χ1v) is 8.50. The van der Waals surface area contributed by atoms with Gasteiger partial charge in [0.2, 0.25) is 0 Å². The van der Waals surface area contributed by atoms with Crippen LogP contribution in [0.25, 0.3) is 10.8 Å². The summed E-state index contributed by atoms with van der Waals surface area (Å²) in [5, 5.41) is 1.85. The molecule has 0 amide bonds. The molecule has 0 atom stereocenters. The molecule has 3 nitrogen and oxygen atoms in total. The van der Waals surface area contributed by atoms with Gasteiger partial charge in [-0.15, -0.1) is 0 Å². The van der Waals surface area contributed by atoms with Crippen LogP contribution in [0.4, 0.5) is 0 Å². The summed E-state index contributed by atoms with van der Waals surface area (Å²) < 4.78 is 32.0. The van der Waals surface area contributed by atoms with Gasteiger partial charge in [0, 0.05) is 0 Å². The molecule has 0 radical (unpaired) electrons. The molecule has 4 heteroatoms. The van der Waals surface area contributed by atoms with Crippen LogP contribution in [0.5, 0.6) is 0 Å². The highest BCUT2D eigenvalue weighted by molar-refractivity contribution is 7.85. The smallest absolute Gasteiger partial charge is 0.282 e. The van der Waals surface area contributed by atoms with Crippen molar-refractivity contribution in [3.05, 3.63) is 41.5 Å². The Morgan fingerprint density at radius 1 is 1.10 bits per heavy atom. The molecule has 2 aromatic carbocycles. The molecule has 0 heterocycles. The van der Waals surface area contributed by atoms with E-state index in [1.165, 1.54) is 12.1 Å². The summed E-state index contributed by atoms with van der Waals surface area (Å²) in [6.07, 6.45) is 0. The van der Waals surface area contributed by atoms with Crippen LogP contribution in [0, 0.1) is 12.8 Å². The summed E-state index contributed by atoms with van der Waals surface area (Å²) in [6.45, 7) is 10.6. The Kier molecular flexibility index (Phi) is 3.89. The third kappa shape index (κ3) is 2.97. The highest BCUT2D eigenvalue weighted by Gasteiger charge is 2.25. The third-order valence-corrected chi connectivity index (χ3v) is 5.45. The Morgan fingerprint density at radius 2 is 1.71 bits per heavy atom. The first kappa shape index (κ1) is 16.0. The number of hydrogen-bond acceptors (Lipinski definition) is 2. The Labute approximate surface area is 126 Å². The van der Waals surface area contributed by atoms with Crippen molar-refractivity contribution in [2.75, 3.05) is 0 Å². The lowest BCUT2D eigenvalue weighted by molar-refractivity contribution is 0.372. The van der Waals surface area contributed by atoms with Gasteiger partial charge in [0.1, 0.15) is 0 Å². The van der Waals surface area contributed by atoms with Gasteiger partial charge in [0.15, 0.2) is 0 Å². The van der Waals surface area contributed by atoms with Crippen molar-refractivity contribution in [2.45, 2.75) is 44.9 Å². The molecule has 2 rings (SSSR count). The summed E-state index contributed by atoms with van der Waals surface area (Å²) in [6, 6.07) is 9.19. The summed E-state index contributed by atoms with van der Waals surface area (Å²) in [4.78, 5) is -0.0491. The second kappa shape index (κ2) is 5.11. The molecule has 0 fully saturated rings. The number of benzene rings is 2. The number of hydrogen-bond donors (Lipinski definition) is 1. The van der Waals surface area contributed by atoms with E-state index >= 15 is 0 Å². The van der Waals surface area contributed by atoms with Gasteiger partial charge in [-0.3, -0.25) is 4.55 Å². The van der Waals surface area contributed by atoms with E-state index in [4.69, 9.17) is 0 Å². The van der Waals surface area contributed by atoms with Gasteiger partial charge in [-0.25, -0.2) is 0 Å². The maximum atomic E-state index is 11.4. The minimum absolute atomic E-state index is 0.00378. The molecule has 0 aliphatic carbocycles. The van der Waals surface area contributed by atoms with E-state index in [0.717, 1.165) is 21.9 Å². The molecule has 1 N–H and O–H groups in total. The fourth-order valence-corrected chi connectivity index (χ4v) is 3.01. The van der Waals surface area contributed by atoms with Crippen LogP contribution >= 0.6 is 0 Å². The van der Waals surface area contributed by atoms with E-state index in [-0.39, 0.29) is 10.3 Å². The zero-order valence-corrected chi connectivity index (χ0v) is 14.0. The Balaban J connectivity index is 2.73. The van der Waals surface area contributed by atoms with Crippen LogP contribution in [0.1, 0.15) is 38.8 Å². The van der Waals surface area contributed by atoms with Gasteiger partial charge in [-0.05, 0) is 52.3 Å². The number of fused-ring (bicyclic) bond motifs is 1. The Morgan fingerprint density at radius 3 is 2.24 bits per heavy atom. The SMILES string of the molecule is Cc1cc(S(=O)(=O)O)cc2cc(C(C)(C)C(C)C)ccc12. The normalized spacial score (nSPS) is 13.1.